The van der Waals surface area contributed by atoms with E-state index in [-0.39, 0.29) is 30.4 Å². The van der Waals surface area contributed by atoms with Gasteiger partial charge in [0.25, 0.3) is 11.8 Å². The third-order valence-electron chi connectivity index (χ3n) is 8.41. The minimum Gasteiger partial charge on any atom is -0.395 e. The minimum absolute atomic E-state index is 0.181. The van der Waals surface area contributed by atoms with Crippen LogP contribution in [0.4, 0.5) is 11.9 Å². The standard InChI is InChI=1S/C35H34N8O3Si/c1-21(2)27-18-38-43-31(27)40-34(36-19-30(44)47-20-42-32(45)25-12-6-7-13-26(25)33(42)46)41-35(43)37-17-23-10-3-5-11-24(23)29-16-15-22-9-4-8-14-28(22)39-29/h3-16,18,21,30,44H,17,19-20,47H2,1-2H3,(H2,36,37,40,41)/t30-/m1/s1. The van der Waals surface area contributed by atoms with Gasteiger partial charge in [0.2, 0.25) is 11.9 Å². The average Bonchev–Trinajstić information content (AvgIpc) is 3.64. The number of amides is 2. The number of carbonyl (C=O) groups excluding carboxylic acids is 2. The van der Waals surface area contributed by atoms with Gasteiger partial charge in [-0.1, -0.05) is 74.5 Å². The number of para-hydroxylation sites is 1. The Bertz CT molecular complexity index is 2100. The van der Waals surface area contributed by atoms with Crippen molar-refractivity contribution in [3.05, 3.63) is 113 Å². The molecule has 12 heteroatoms. The molecule has 3 aromatic carbocycles. The topological polar surface area (TPSA) is 138 Å². The predicted molar refractivity (Wildman–Crippen MR) is 184 cm³/mol. The van der Waals surface area contributed by atoms with Gasteiger partial charge in [0.1, 0.15) is 0 Å². The highest BCUT2D eigenvalue weighted by Gasteiger charge is 2.35. The molecule has 236 valence electrons. The molecule has 6 aromatic rings. The number of fused-ring (bicyclic) bond motifs is 3. The van der Waals surface area contributed by atoms with Crippen LogP contribution in [0.25, 0.3) is 27.8 Å². The molecule has 1 atom stereocenters. The first-order valence-electron chi connectivity index (χ1n) is 15.7. The van der Waals surface area contributed by atoms with Crippen molar-refractivity contribution in [2.75, 3.05) is 23.3 Å². The fraction of sp³-hybridized carbons (Fsp3) is 0.200. The molecule has 4 heterocycles. The molecule has 11 nitrogen and oxygen atoms in total. The summed E-state index contributed by atoms with van der Waals surface area (Å²) in [5.74, 6) is 0.426. The molecular weight excluding hydrogens is 609 g/mol. The van der Waals surface area contributed by atoms with Gasteiger partial charge in [0.15, 0.2) is 5.65 Å². The molecule has 0 saturated heterocycles. The second-order valence-electron chi connectivity index (χ2n) is 11.9. The normalized spacial score (nSPS) is 13.7. The molecule has 0 saturated carbocycles. The molecule has 7 rings (SSSR count). The Balaban J connectivity index is 1.08. The zero-order valence-corrected chi connectivity index (χ0v) is 27.5. The van der Waals surface area contributed by atoms with Crippen LogP contribution < -0.4 is 10.6 Å². The monoisotopic (exact) mass is 642 g/mol. The summed E-state index contributed by atoms with van der Waals surface area (Å²) in [6.07, 6.45) is 2.05. The lowest BCUT2D eigenvalue weighted by molar-refractivity contribution is 0.0679. The van der Waals surface area contributed by atoms with Crippen molar-refractivity contribution in [3.8, 4) is 11.3 Å². The maximum absolute atomic E-state index is 12.7. The van der Waals surface area contributed by atoms with Crippen LogP contribution in [0.3, 0.4) is 0 Å². The van der Waals surface area contributed by atoms with E-state index in [9.17, 15) is 14.7 Å². The van der Waals surface area contributed by atoms with Gasteiger partial charge in [-0.05, 0) is 35.7 Å². The fourth-order valence-corrected chi connectivity index (χ4v) is 7.15. The molecule has 0 radical (unpaired) electrons. The highest BCUT2D eigenvalue weighted by Crippen LogP contribution is 2.27. The van der Waals surface area contributed by atoms with Gasteiger partial charge >= 0.3 is 0 Å². The lowest BCUT2D eigenvalue weighted by Crippen LogP contribution is -2.39. The van der Waals surface area contributed by atoms with Gasteiger partial charge in [-0.3, -0.25) is 14.5 Å². The van der Waals surface area contributed by atoms with Crippen LogP contribution in [0, 0.1) is 0 Å². The van der Waals surface area contributed by atoms with Crippen molar-refractivity contribution in [1.29, 1.82) is 0 Å². The molecule has 47 heavy (non-hydrogen) atoms. The zero-order chi connectivity index (χ0) is 32.5. The fourth-order valence-electron chi connectivity index (χ4n) is 5.84. The van der Waals surface area contributed by atoms with E-state index < -0.39 is 15.2 Å². The molecule has 0 aliphatic carbocycles. The molecule has 3 aromatic heterocycles. The molecule has 3 N–H and O–H groups in total. The number of aliphatic hydroxyl groups excluding tert-OH is 1. The number of aliphatic hydroxyl groups is 1. The van der Waals surface area contributed by atoms with E-state index in [1.165, 1.54) is 4.90 Å². The number of aromatic nitrogens is 5. The van der Waals surface area contributed by atoms with Crippen molar-refractivity contribution in [2.24, 2.45) is 0 Å². The third kappa shape index (κ3) is 5.96. The molecule has 0 fully saturated rings. The van der Waals surface area contributed by atoms with Crippen LogP contribution in [0.2, 0.25) is 0 Å². The molecule has 1 aliphatic heterocycles. The van der Waals surface area contributed by atoms with Crippen molar-refractivity contribution >= 4 is 49.8 Å². The van der Waals surface area contributed by atoms with Crippen LogP contribution in [0.15, 0.2) is 91.1 Å². The average molecular weight is 643 g/mol. The van der Waals surface area contributed by atoms with Crippen LogP contribution in [0.1, 0.15) is 51.6 Å². The smallest absolute Gasteiger partial charge is 0.261 e. The molecule has 1 aliphatic rings. The number of rotatable bonds is 11. The molecule has 0 spiro atoms. The Hall–Kier alpha value is -5.46. The lowest BCUT2D eigenvalue weighted by Gasteiger charge is -2.17. The first kappa shape index (κ1) is 30.2. The Morgan fingerprint density at radius 2 is 1.51 bits per heavy atom. The molecular formula is C35H34N8O3Si. The molecule has 0 bridgehead atoms. The number of nitrogens with one attached hydrogen (secondary N) is 2. The van der Waals surface area contributed by atoms with Gasteiger partial charge in [0.05, 0.1) is 43.8 Å². The summed E-state index contributed by atoms with van der Waals surface area (Å²) in [5, 5.41) is 23.2. The van der Waals surface area contributed by atoms with E-state index in [1.54, 1.807) is 35.0 Å². The molecule has 2 amide bonds. The summed E-state index contributed by atoms with van der Waals surface area (Å²) < 4.78 is 1.70. The number of carbonyl (C=O) groups is 2. The summed E-state index contributed by atoms with van der Waals surface area (Å²) in [4.78, 5) is 41.1. The SMILES string of the molecule is CC(C)c1cnn2c(NCc3ccccc3-c3ccc4ccccc4n3)nc(NC[C@H](O)[SiH2]CN3C(=O)c4ccccc4C3=O)nc12. The van der Waals surface area contributed by atoms with Crippen LogP contribution in [-0.4, -0.2) is 74.3 Å². The Kier molecular flexibility index (Phi) is 8.18. The van der Waals surface area contributed by atoms with E-state index in [0.29, 0.717) is 35.2 Å². The first-order chi connectivity index (χ1) is 22.9. The summed E-state index contributed by atoms with van der Waals surface area (Å²) in [5.41, 5.74) is 5.64. The van der Waals surface area contributed by atoms with Gasteiger partial charge < -0.3 is 15.7 Å². The molecule has 0 unspecified atom stereocenters. The van der Waals surface area contributed by atoms with Crippen molar-refractivity contribution < 1.29 is 14.7 Å². The highest BCUT2D eigenvalue weighted by atomic mass is 28.2. The quantitative estimate of drug-likeness (QED) is 0.140. The van der Waals surface area contributed by atoms with Crippen LogP contribution >= 0.6 is 0 Å². The first-order valence-corrected chi connectivity index (χ1v) is 17.5. The van der Waals surface area contributed by atoms with E-state index >= 15 is 0 Å². The predicted octanol–water partition coefficient (Wildman–Crippen LogP) is 4.23. The number of imide groups is 1. The summed E-state index contributed by atoms with van der Waals surface area (Å²) in [7, 11) is -1.25. The summed E-state index contributed by atoms with van der Waals surface area (Å²) in [6.45, 7) is 4.82. The number of nitrogens with zero attached hydrogens (tertiary/aromatic N) is 6. The third-order valence-corrected chi connectivity index (χ3v) is 10.1. The zero-order valence-electron chi connectivity index (χ0n) is 26.1. The Labute approximate surface area is 273 Å². The number of hydrogen-bond acceptors (Lipinski definition) is 9. The maximum atomic E-state index is 12.7. The van der Waals surface area contributed by atoms with Crippen molar-refractivity contribution in [3.63, 3.8) is 0 Å². The number of hydrogen-bond donors (Lipinski definition) is 3. The van der Waals surface area contributed by atoms with E-state index in [1.807, 2.05) is 36.4 Å². The number of anilines is 2. The van der Waals surface area contributed by atoms with Crippen LogP contribution in [-0.2, 0) is 6.54 Å². The lowest BCUT2D eigenvalue weighted by atomic mass is 10.0. The van der Waals surface area contributed by atoms with Gasteiger partial charge in [-0.15, -0.1) is 0 Å². The van der Waals surface area contributed by atoms with Crippen molar-refractivity contribution in [2.45, 2.75) is 32.0 Å². The summed E-state index contributed by atoms with van der Waals surface area (Å²) >= 11 is 0. The minimum atomic E-state index is -1.25. The Morgan fingerprint density at radius 1 is 0.809 bits per heavy atom. The Morgan fingerprint density at radius 3 is 2.28 bits per heavy atom. The van der Waals surface area contributed by atoms with Crippen molar-refractivity contribution in [1.82, 2.24) is 29.5 Å². The summed E-state index contributed by atoms with van der Waals surface area (Å²) in [6, 6.07) is 27.1. The van der Waals surface area contributed by atoms with Gasteiger partial charge in [-0.2, -0.15) is 19.6 Å². The second-order valence-corrected chi connectivity index (χ2v) is 13.9. The largest absolute Gasteiger partial charge is 0.395 e. The van der Waals surface area contributed by atoms with E-state index in [2.05, 4.69) is 53.8 Å². The van der Waals surface area contributed by atoms with E-state index in [0.717, 1.165) is 33.3 Å². The van der Waals surface area contributed by atoms with Crippen LogP contribution in [0.5, 0.6) is 0 Å². The maximum Gasteiger partial charge on any atom is 0.261 e. The number of pyridine rings is 1. The van der Waals surface area contributed by atoms with Gasteiger partial charge in [0, 0.05) is 35.8 Å². The highest BCUT2D eigenvalue weighted by molar-refractivity contribution is 6.39. The van der Waals surface area contributed by atoms with Gasteiger partial charge in [-0.25, -0.2) is 4.98 Å². The second kappa shape index (κ2) is 12.7. The van der Waals surface area contributed by atoms with E-state index in [4.69, 9.17) is 15.0 Å². The number of benzene rings is 3.